The molecule has 0 heterocycles. The third kappa shape index (κ3) is 2.42. The minimum absolute atomic E-state index is 0.00419. The first-order valence-electron chi connectivity index (χ1n) is 10.1. The minimum Gasteiger partial charge on any atom is -0.481 e. The van der Waals surface area contributed by atoms with E-state index in [4.69, 9.17) is 0 Å². The molecule has 3 unspecified atom stereocenters. The van der Waals surface area contributed by atoms with Gasteiger partial charge in [-0.25, -0.2) is 0 Å². The van der Waals surface area contributed by atoms with Crippen molar-refractivity contribution in [3.8, 4) is 0 Å². The van der Waals surface area contributed by atoms with Crippen LogP contribution >= 0.6 is 0 Å². The Morgan fingerprint density at radius 3 is 2.48 bits per heavy atom. The zero-order chi connectivity index (χ0) is 19.8. The monoisotopic (exact) mass is 378 g/mol. The molecule has 6 nitrogen and oxygen atoms in total. The molecule has 4 N–H and O–H groups in total. The molecule has 4 aliphatic carbocycles. The fourth-order valence-corrected chi connectivity index (χ4v) is 7.22. The van der Waals surface area contributed by atoms with Gasteiger partial charge in [-0.05, 0) is 66.9 Å². The van der Waals surface area contributed by atoms with Crippen molar-refractivity contribution in [2.75, 3.05) is 0 Å². The Morgan fingerprint density at radius 1 is 1.15 bits per heavy atom. The van der Waals surface area contributed by atoms with Crippen molar-refractivity contribution in [2.45, 2.75) is 76.6 Å². The number of rotatable bonds is 2. The lowest BCUT2D eigenvalue weighted by Gasteiger charge is -2.61. The molecule has 27 heavy (non-hydrogen) atoms. The highest BCUT2D eigenvalue weighted by molar-refractivity contribution is 5.92. The second-order valence-electron chi connectivity index (χ2n) is 9.81. The number of carboxylic acids is 1. The number of fused-ring (bicyclic) bond motifs is 5. The van der Waals surface area contributed by atoms with Gasteiger partial charge in [0.2, 0.25) is 0 Å². The smallest absolute Gasteiger partial charge is 0.306 e. The normalized spacial score (nSPS) is 51.8. The van der Waals surface area contributed by atoms with Crippen LogP contribution in [0.4, 0.5) is 0 Å². The van der Waals surface area contributed by atoms with Gasteiger partial charge in [0.1, 0.15) is 6.10 Å². The van der Waals surface area contributed by atoms with Crippen LogP contribution in [0.25, 0.3) is 0 Å². The highest BCUT2D eigenvalue weighted by Gasteiger charge is 2.67. The summed E-state index contributed by atoms with van der Waals surface area (Å²) in [6.45, 7) is 4.06. The molecule has 0 bridgehead atoms. The van der Waals surface area contributed by atoms with Crippen LogP contribution in [0.1, 0.15) is 58.8 Å². The van der Waals surface area contributed by atoms with Crippen molar-refractivity contribution in [3.05, 3.63) is 11.6 Å². The third-order valence-corrected chi connectivity index (χ3v) is 8.82. The van der Waals surface area contributed by atoms with Crippen LogP contribution in [0.3, 0.4) is 0 Å². The number of carbonyl (C=O) groups is 2. The quantitative estimate of drug-likeness (QED) is 0.581. The Bertz CT molecular complexity index is 715. The lowest BCUT2D eigenvalue weighted by Crippen LogP contribution is -2.62. The molecule has 8 atom stereocenters. The Labute approximate surface area is 159 Å². The van der Waals surface area contributed by atoms with Crippen LogP contribution in [0.2, 0.25) is 0 Å². The fourth-order valence-electron chi connectivity index (χ4n) is 7.22. The lowest BCUT2D eigenvalue weighted by atomic mass is 9.45. The fraction of sp³-hybridized carbons (Fsp3) is 0.810. The van der Waals surface area contributed by atoms with Gasteiger partial charge in [-0.2, -0.15) is 0 Å². The first-order chi connectivity index (χ1) is 12.5. The van der Waals surface area contributed by atoms with E-state index in [0.29, 0.717) is 37.7 Å². The molecular formula is C21H30O6. The number of aliphatic carboxylic acids is 1. The van der Waals surface area contributed by atoms with Crippen molar-refractivity contribution >= 4 is 11.8 Å². The molecule has 4 rings (SSSR count). The van der Waals surface area contributed by atoms with Gasteiger partial charge in [0.05, 0.1) is 18.1 Å². The molecule has 0 aromatic carbocycles. The summed E-state index contributed by atoms with van der Waals surface area (Å²) in [5.74, 6) is -1.11. The third-order valence-electron chi connectivity index (χ3n) is 8.82. The SMILES string of the molecule is C[C@]12CCC(=O)C=C1C(O)C(O)[C@@H]1[C@H]2CC[C@@]2(C)[C@H]1CCC2(O)CC(=O)O. The summed E-state index contributed by atoms with van der Waals surface area (Å²) in [6, 6.07) is 0. The Kier molecular flexibility index (Phi) is 4.16. The molecule has 3 fully saturated rings. The zero-order valence-corrected chi connectivity index (χ0v) is 16.0. The van der Waals surface area contributed by atoms with Crippen molar-refractivity contribution < 1.29 is 30.0 Å². The van der Waals surface area contributed by atoms with Gasteiger partial charge >= 0.3 is 5.97 Å². The maximum atomic E-state index is 11.9. The van der Waals surface area contributed by atoms with Crippen LogP contribution in [0, 0.1) is 28.6 Å². The number of carbonyl (C=O) groups excluding carboxylic acids is 1. The standard InChI is InChI=1S/C21H30O6/c1-19-6-3-11(22)9-14(19)17(25)18(26)16-12(19)4-7-20(2)13(16)5-8-21(20,27)10-15(23)24/h9,12-13,16-18,25-27H,3-8,10H2,1-2H3,(H,23,24)/t12-,13+,16-,17?,18?,19-,20+,21?/m1/s1. The number of aliphatic hydroxyl groups is 3. The number of aliphatic hydroxyl groups excluding tert-OH is 2. The summed E-state index contributed by atoms with van der Waals surface area (Å²) < 4.78 is 0. The van der Waals surface area contributed by atoms with E-state index in [1.807, 2.05) is 6.92 Å². The second kappa shape index (κ2) is 5.88. The Balaban J connectivity index is 1.74. The summed E-state index contributed by atoms with van der Waals surface area (Å²) in [5.41, 5.74) is -1.53. The molecular weight excluding hydrogens is 348 g/mol. The predicted molar refractivity (Wildman–Crippen MR) is 96.7 cm³/mol. The van der Waals surface area contributed by atoms with E-state index in [1.165, 1.54) is 6.08 Å². The Hall–Kier alpha value is -1.24. The summed E-state index contributed by atoms with van der Waals surface area (Å²) in [7, 11) is 0. The predicted octanol–water partition coefficient (Wildman–Crippen LogP) is 1.67. The number of ketones is 1. The lowest BCUT2D eigenvalue weighted by molar-refractivity contribution is -0.181. The van der Waals surface area contributed by atoms with Gasteiger partial charge in [-0.3, -0.25) is 9.59 Å². The number of hydrogen-bond donors (Lipinski definition) is 4. The summed E-state index contributed by atoms with van der Waals surface area (Å²) in [6.07, 6.45) is 2.83. The van der Waals surface area contributed by atoms with E-state index in [-0.39, 0.29) is 35.4 Å². The molecule has 0 amide bonds. The highest BCUT2D eigenvalue weighted by atomic mass is 16.4. The van der Waals surface area contributed by atoms with Crippen molar-refractivity contribution in [1.29, 1.82) is 0 Å². The van der Waals surface area contributed by atoms with E-state index < -0.39 is 29.2 Å². The molecule has 0 aromatic heterocycles. The van der Waals surface area contributed by atoms with Crippen LogP contribution in [-0.4, -0.2) is 50.0 Å². The van der Waals surface area contributed by atoms with Gasteiger partial charge in [-0.15, -0.1) is 0 Å². The van der Waals surface area contributed by atoms with E-state index in [0.717, 1.165) is 6.42 Å². The van der Waals surface area contributed by atoms with E-state index in [1.54, 1.807) is 0 Å². The molecule has 3 saturated carbocycles. The Morgan fingerprint density at radius 2 is 1.81 bits per heavy atom. The average molecular weight is 378 g/mol. The number of hydrogen-bond acceptors (Lipinski definition) is 5. The van der Waals surface area contributed by atoms with E-state index in [9.17, 15) is 30.0 Å². The summed E-state index contributed by atoms with van der Waals surface area (Å²) >= 11 is 0. The first-order valence-corrected chi connectivity index (χ1v) is 10.1. The van der Waals surface area contributed by atoms with Gasteiger partial charge in [0.25, 0.3) is 0 Å². The largest absolute Gasteiger partial charge is 0.481 e. The van der Waals surface area contributed by atoms with Gasteiger partial charge in [-0.1, -0.05) is 13.8 Å². The minimum atomic E-state index is -1.28. The van der Waals surface area contributed by atoms with Crippen LogP contribution in [0.5, 0.6) is 0 Å². The van der Waals surface area contributed by atoms with Crippen molar-refractivity contribution in [2.24, 2.45) is 28.6 Å². The van der Waals surface area contributed by atoms with Crippen molar-refractivity contribution in [1.82, 2.24) is 0 Å². The van der Waals surface area contributed by atoms with Crippen LogP contribution in [-0.2, 0) is 9.59 Å². The molecule has 150 valence electrons. The van der Waals surface area contributed by atoms with Crippen molar-refractivity contribution in [3.63, 3.8) is 0 Å². The molecule has 4 aliphatic rings. The molecule has 0 aliphatic heterocycles. The number of carboxylic acid groups (broad SMARTS) is 1. The topological polar surface area (TPSA) is 115 Å². The molecule has 0 aromatic rings. The van der Waals surface area contributed by atoms with Gasteiger partial charge in [0, 0.05) is 11.8 Å². The average Bonchev–Trinajstić information content (AvgIpc) is 2.84. The van der Waals surface area contributed by atoms with Gasteiger partial charge in [0.15, 0.2) is 5.78 Å². The maximum Gasteiger partial charge on any atom is 0.306 e. The first kappa shape index (κ1) is 19.1. The van der Waals surface area contributed by atoms with E-state index >= 15 is 0 Å². The summed E-state index contributed by atoms with van der Waals surface area (Å²) in [5, 5.41) is 42.4. The van der Waals surface area contributed by atoms with E-state index in [2.05, 4.69) is 6.92 Å². The van der Waals surface area contributed by atoms with Crippen LogP contribution in [0.15, 0.2) is 11.6 Å². The maximum absolute atomic E-state index is 11.9. The molecule has 0 spiro atoms. The molecule has 0 saturated heterocycles. The van der Waals surface area contributed by atoms with Gasteiger partial charge < -0.3 is 20.4 Å². The molecule has 0 radical (unpaired) electrons. The highest BCUT2D eigenvalue weighted by Crippen LogP contribution is 2.68. The second-order valence-corrected chi connectivity index (χ2v) is 9.81. The summed E-state index contributed by atoms with van der Waals surface area (Å²) in [4.78, 5) is 23.3. The molecule has 6 heteroatoms. The van der Waals surface area contributed by atoms with Crippen LogP contribution < -0.4 is 0 Å². The zero-order valence-electron chi connectivity index (χ0n) is 16.0.